The molecule has 1 heterocycles. The Balaban J connectivity index is 1.64. The third-order valence-electron chi connectivity index (χ3n) is 4.07. The molecule has 1 aliphatic rings. The number of piperazine rings is 1. The first kappa shape index (κ1) is 19.1. The molecule has 2 rings (SSSR count). The molecule has 1 fully saturated rings. The quantitative estimate of drug-likeness (QED) is 0.796. The van der Waals surface area contributed by atoms with Crippen LogP contribution in [0.25, 0.3) is 0 Å². The molecule has 8 heteroatoms. The minimum atomic E-state index is -2.83. The summed E-state index contributed by atoms with van der Waals surface area (Å²) in [6.45, 7) is 2.19. The lowest BCUT2D eigenvalue weighted by molar-refractivity contribution is -0.131. The Morgan fingerprint density at radius 2 is 1.80 bits per heavy atom. The van der Waals surface area contributed by atoms with E-state index in [2.05, 4.69) is 10.1 Å². The molecular weight excluding hydrogens is 332 g/mol. The highest BCUT2D eigenvalue weighted by Crippen LogP contribution is 2.14. The first-order chi connectivity index (χ1) is 11.9. The van der Waals surface area contributed by atoms with Crippen LogP contribution in [0.1, 0.15) is 12.5 Å². The highest BCUT2D eigenvalue weighted by atomic mass is 19.3. The summed E-state index contributed by atoms with van der Waals surface area (Å²) in [6.07, 6.45) is 0.610. The van der Waals surface area contributed by atoms with E-state index < -0.39 is 6.61 Å². The van der Waals surface area contributed by atoms with Crippen molar-refractivity contribution < 1.29 is 23.1 Å². The zero-order valence-corrected chi connectivity index (χ0v) is 14.2. The topological polar surface area (TPSA) is 61.9 Å². The average molecular weight is 355 g/mol. The molecule has 1 aliphatic heterocycles. The lowest BCUT2D eigenvalue weighted by Crippen LogP contribution is -2.50. The second-order valence-electron chi connectivity index (χ2n) is 5.90. The molecule has 0 saturated carbocycles. The Hall–Kier alpha value is -2.22. The first-order valence-electron chi connectivity index (χ1n) is 8.22. The van der Waals surface area contributed by atoms with Crippen molar-refractivity contribution in [2.45, 2.75) is 20.0 Å². The minimum Gasteiger partial charge on any atom is -0.435 e. The highest BCUT2D eigenvalue weighted by molar-refractivity contribution is 5.78. The van der Waals surface area contributed by atoms with Crippen LogP contribution >= 0.6 is 0 Å². The SMILES string of the molecule is CC(=O)N1CCN(CC(=O)NCCc2ccc(OC(F)F)cc2)CC1. The number of nitrogens with one attached hydrogen (secondary N) is 1. The average Bonchev–Trinajstić information content (AvgIpc) is 2.56. The summed E-state index contributed by atoms with van der Waals surface area (Å²) in [5, 5.41) is 2.85. The van der Waals surface area contributed by atoms with E-state index in [-0.39, 0.29) is 17.6 Å². The summed E-state index contributed by atoms with van der Waals surface area (Å²) in [5.41, 5.74) is 0.928. The fraction of sp³-hybridized carbons (Fsp3) is 0.529. The Labute approximate surface area is 145 Å². The van der Waals surface area contributed by atoms with Crippen LogP contribution in [0.3, 0.4) is 0 Å². The van der Waals surface area contributed by atoms with Gasteiger partial charge in [-0.15, -0.1) is 0 Å². The molecule has 1 N–H and O–H groups in total. The summed E-state index contributed by atoms with van der Waals surface area (Å²) in [5.74, 6) is 0.121. The van der Waals surface area contributed by atoms with E-state index in [1.54, 1.807) is 24.0 Å². The second kappa shape index (κ2) is 9.31. The van der Waals surface area contributed by atoms with Crippen molar-refractivity contribution in [3.05, 3.63) is 29.8 Å². The third-order valence-corrected chi connectivity index (χ3v) is 4.07. The fourth-order valence-electron chi connectivity index (χ4n) is 2.66. The third kappa shape index (κ3) is 6.66. The van der Waals surface area contributed by atoms with Gasteiger partial charge >= 0.3 is 6.61 Å². The van der Waals surface area contributed by atoms with Gasteiger partial charge in [0.05, 0.1) is 6.54 Å². The van der Waals surface area contributed by atoms with Gasteiger partial charge in [0.15, 0.2) is 0 Å². The van der Waals surface area contributed by atoms with Crippen LogP contribution in [0.15, 0.2) is 24.3 Å². The molecule has 0 unspecified atom stereocenters. The number of carbonyl (C=O) groups excluding carboxylic acids is 2. The van der Waals surface area contributed by atoms with Gasteiger partial charge in [-0.25, -0.2) is 0 Å². The zero-order valence-electron chi connectivity index (χ0n) is 14.2. The van der Waals surface area contributed by atoms with Crippen molar-refractivity contribution >= 4 is 11.8 Å². The van der Waals surface area contributed by atoms with E-state index in [0.717, 1.165) is 5.56 Å². The number of alkyl halides is 2. The molecule has 0 radical (unpaired) electrons. The van der Waals surface area contributed by atoms with Gasteiger partial charge in [-0.3, -0.25) is 14.5 Å². The molecule has 0 aliphatic carbocycles. The molecule has 25 heavy (non-hydrogen) atoms. The summed E-state index contributed by atoms with van der Waals surface area (Å²) >= 11 is 0. The van der Waals surface area contributed by atoms with Crippen LogP contribution in [0, 0.1) is 0 Å². The van der Waals surface area contributed by atoms with Crippen LogP contribution in [-0.4, -0.2) is 67.5 Å². The van der Waals surface area contributed by atoms with Gasteiger partial charge in [0.1, 0.15) is 5.75 Å². The van der Waals surface area contributed by atoms with Gasteiger partial charge in [-0.1, -0.05) is 12.1 Å². The van der Waals surface area contributed by atoms with Gasteiger partial charge in [0.25, 0.3) is 0 Å². The number of ether oxygens (including phenoxy) is 1. The van der Waals surface area contributed by atoms with Gasteiger partial charge in [-0.2, -0.15) is 8.78 Å². The summed E-state index contributed by atoms with van der Waals surface area (Å²) in [6, 6.07) is 6.37. The highest BCUT2D eigenvalue weighted by Gasteiger charge is 2.19. The maximum atomic E-state index is 12.1. The van der Waals surface area contributed by atoms with Crippen LogP contribution < -0.4 is 10.1 Å². The number of halogens is 2. The van der Waals surface area contributed by atoms with E-state index in [9.17, 15) is 18.4 Å². The molecule has 0 aromatic heterocycles. The number of nitrogens with zero attached hydrogens (tertiary/aromatic N) is 2. The zero-order chi connectivity index (χ0) is 18.2. The number of hydrogen-bond donors (Lipinski definition) is 1. The van der Waals surface area contributed by atoms with Crippen molar-refractivity contribution in [3.8, 4) is 5.75 Å². The number of amides is 2. The number of hydrogen-bond acceptors (Lipinski definition) is 4. The van der Waals surface area contributed by atoms with Crippen LogP contribution in [0.4, 0.5) is 8.78 Å². The maximum Gasteiger partial charge on any atom is 0.387 e. The van der Waals surface area contributed by atoms with Crippen molar-refractivity contribution in [2.75, 3.05) is 39.3 Å². The number of benzene rings is 1. The Bertz CT molecular complexity index is 573. The minimum absolute atomic E-state index is 0.0612. The smallest absolute Gasteiger partial charge is 0.387 e. The molecule has 6 nitrogen and oxygen atoms in total. The summed E-state index contributed by atoms with van der Waals surface area (Å²) in [4.78, 5) is 27.0. The molecule has 138 valence electrons. The van der Waals surface area contributed by atoms with E-state index in [1.165, 1.54) is 12.1 Å². The van der Waals surface area contributed by atoms with Crippen molar-refractivity contribution in [1.82, 2.24) is 15.1 Å². The lowest BCUT2D eigenvalue weighted by Gasteiger charge is -2.33. The van der Waals surface area contributed by atoms with Gasteiger partial charge in [0.2, 0.25) is 11.8 Å². The second-order valence-corrected chi connectivity index (χ2v) is 5.90. The Kier molecular flexibility index (Phi) is 7.12. The molecule has 1 aromatic rings. The largest absolute Gasteiger partial charge is 0.435 e. The molecular formula is C17H23F2N3O3. The first-order valence-corrected chi connectivity index (χ1v) is 8.22. The van der Waals surface area contributed by atoms with Crippen molar-refractivity contribution in [2.24, 2.45) is 0 Å². The van der Waals surface area contributed by atoms with E-state index in [1.807, 2.05) is 4.90 Å². The summed E-state index contributed by atoms with van der Waals surface area (Å²) in [7, 11) is 0. The molecule has 0 atom stereocenters. The standard InChI is InChI=1S/C17H23F2N3O3/c1-13(23)22-10-8-21(9-11-22)12-16(24)20-7-6-14-2-4-15(5-3-14)25-17(18)19/h2-5,17H,6-12H2,1H3,(H,20,24). The number of carbonyl (C=O) groups is 2. The fourth-order valence-corrected chi connectivity index (χ4v) is 2.66. The van der Waals surface area contributed by atoms with Gasteiger partial charge in [-0.05, 0) is 24.1 Å². The summed E-state index contributed by atoms with van der Waals surface area (Å²) < 4.78 is 28.4. The van der Waals surface area contributed by atoms with Crippen molar-refractivity contribution in [1.29, 1.82) is 0 Å². The molecule has 0 spiro atoms. The predicted molar refractivity (Wildman–Crippen MR) is 88.5 cm³/mol. The Morgan fingerprint density at radius 3 is 2.36 bits per heavy atom. The van der Waals surface area contributed by atoms with E-state index in [4.69, 9.17) is 0 Å². The van der Waals surface area contributed by atoms with Gasteiger partial charge in [0, 0.05) is 39.6 Å². The molecule has 2 amide bonds. The van der Waals surface area contributed by atoms with Crippen LogP contribution in [0.5, 0.6) is 5.75 Å². The monoisotopic (exact) mass is 355 g/mol. The number of rotatable bonds is 7. The normalized spacial score (nSPS) is 15.3. The predicted octanol–water partition coefficient (Wildman–Crippen LogP) is 1.11. The van der Waals surface area contributed by atoms with E-state index >= 15 is 0 Å². The molecule has 1 aromatic carbocycles. The molecule has 1 saturated heterocycles. The van der Waals surface area contributed by atoms with Gasteiger partial charge < -0.3 is 15.0 Å². The maximum absolute atomic E-state index is 12.1. The van der Waals surface area contributed by atoms with E-state index in [0.29, 0.717) is 45.7 Å². The Morgan fingerprint density at radius 1 is 1.16 bits per heavy atom. The molecule has 0 bridgehead atoms. The van der Waals surface area contributed by atoms with Crippen LogP contribution in [-0.2, 0) is 16.0 Å². The van der Waals surface area contributed by atoms with Crippen molar-refractivity contribution in [3.63, 3.8) is 0 Å². The van der Waals surface area contributed by atoms with Crippen LogP contribution in [0.2, 0.25) is 0 Å². The lowest BCUT2D eigenvalue weighted by atomic mass is 10.1.